The SMILES string of the molecule is CCOc1cc2c(cc1/C=C/C(=O)N(C)Cc1ccc(Br)o1)OC(C)C2. The largest absolute Gasteiger partial charge is 0.493 e. The van der Waals surface area contributed by atoms with Gasteiger partial charge in [-0.05, 0) is 60.1 Å². The van der Waals surface area contributed by atoms with Crippen LogP contribution in [0.5, 0.6) is 11.5 Å². The van der Waals surface area contributed by atoms with Gasteiger partial charge in [0.1, 0.15) is 23.4 Å². The number of ether oxygens (including phenoxy) is 2. The summed E-state index contributed by atoms with van der Waals surface area (Å²) >= 11 is 3.26. The molecule has 1 atom stereocenters. The molecule has 0 N–H and O–H groups in total. The van der Waals surface area contributed by atoms with Gasteiger partial charge in [-0.3, -0.25) is 4.79 Å². The lowest BCUT2D eigenvalue weighted by Crippen LogP contribution is -2.23. The highest BCUT2D eigenvalue weighted by molar-refractivity contribution is 9.10. The van der Waals surface area contributed by atoms with E-state index in [4.69, 9.17) is 13.9 Å². The lowest BCUT2D eigenvalue weighted by molar-refractivity contribution is -0.125. The second kappa shape index (κ2) is 7.99. The number of hydrogen-bond donors (Lipinski definition) is 0. The van der Waals surface area contributed by atoms with Gasteiger partial charge in [-0.15, -0.1) is 0 Å². The molecule has 138 valence electrons. The van der Waals surface area contributed by atoms with Crippen LogP contribution in [-0.2, 0) is 17.8 Å². The molecule has 1 aromatic carbocycles. The van der Waals surface area contributed by atoms with Gasteiger partial charge in [0, 0.05) is 30.7 Å². The Balaban J connectivity index is 1.74. The van der Waals surface area contributed by atoms with Gasteiger partial charge in [-0.1, -0.05) is 0 Å². The highest BCUT2D eigenvalue weighted by Crippen LogP contribution is 2.35. The molecule has 5 nitrogen and oxygen atoms in total. The van der Waals surface area contributed by atoms with Crippen LogP contribution in [0.3, 0.4) is 0 Å². The summed E-state index contributed by atoms with van der Waals surface area (Å²) in [5.74, 6) is 2.23. The molecule has 1 amide bonds. The monoisotopic (exact) mass is 419 g/mol. The summed E-state index contributed by atoms with van der Waals surface area (Å²) in [5.41, 5.74) is 1.98. The van der Waals surface area contributed by atoms with Crippen molar-refractivity contribution in [2.24, 2.45) is 0 Å². The van der Waals surface area contributed by atoms with Gasteiger partial charge in [0.25, 0.3) is 0 Å². The number of carbonyl (C=O) groups is 1. The zero-order chi connectivity index (χ0) is 18.7. The molecule has 3 rings (SSSR count). The van der Waals surface area contributed by atoms with Crippen molar-refractivity contribution in [1.29, 1.82) is 0 Å². The molecule has 0 saturated carbocycles. The van der Waals surface area contributed by atoms with Gasteiger partial charge in [-0.2, -0.15) is 0 Å². The zero-order valence-electron chi connectivity index (χ0n) is 15.1. The molecule has 1 aliphatic rings. The van der Waals surface area contributed by atoms with Crippen molar-refractivity contribution in [2.75, 3.05) is 13.7 Å². The Morgan fingerprint density at radius 3 is 2.92 bits per heavy atom. The lowest BCUT2D eigenvalue weighted by atomic mass is 10.1. The van der Waals surface area contributed by atoms with E-state index in [2.05, 4.69) is 15.9 Å². The number of halogens is 1. The third kappa shape index (κ3) is 4.30. The van der Waals surface area contributed by atoms with Crippen molar-refractivity contribution < 1.29 is 18.7 Å². The van der Waals surface area contributed by atoms with E-state index >= 15 is 0 Å². The number of benzene rings is 1. The summed E-state index contributed by atoms with van der Waals surface area (Å²) in [6, 6.07) is 7.60. The van der Waals surface area contributed by atoms with Crippen LogP contribution in [-0.4, -0.2) is 30.6 Å². The molecular weight excluding hydrogens is 398 g/mol. The van der Waals surface area contributed by atoms with E-state index in [0.717, 1.165) is 34.8 Å². The molecule has 0 radical (unpaired) electrons. The van der Waals surface area contributed by atoms with E-state index in [-0.39, 0.29) is 12.0 Å². The first-order valence-corrected chi connectivity index (χ1v) is 9.39. The Bertz CT molecular complexity index is 827. The van der Waals surface area contributed by atoms with Crippen LogP contribution in [0.1, 0.15) is 30.7 Å². The third-order valence-electron chi connectivity index (χ3n) is 4.13. The lowest BCUT2D eigenvalue weighted by Gasteiger charge is -2.13. The van der Waals surface area contributed by atoms with Crippen molar-refractivity contribution >= 4 is 27.9 Å². The Labute approximate surface area is 161 Å². The highest BCUT2D eigenvalue weighted by atomic mass is 79.9. The van der Waals surface area contributed by atoms with E-state index in [0.29, 0.717) is 17.8 Å². The summed E-state index contributed by atoms with van der Waals surface area (Å²) in [6.45, 7) is 4.96. The Hall–Kier alpha value is -2.21. The first kappa shape index (κ1) is 18.6. The summed E-state index contributed by atoms with van der Waals surface area (Å²) in [6.07, 6.45) is 4.36. The first-order valence-electron chi connectivity index (χ1n) is 8.60. The topological polar surface area (TPSA) is 51.9 Å². The van der Waals surface area contributed by atoms with Gasteiger partial charge in [0.05, 0.1) is 13.2 Å². The van der Waals surface area contributed by atoms with Crippen molar-refractivity contribution in [2.45, 2.75) is 32.9 Å². The van der Waals surface area contributed by atoms with E-state index < -0.39 is 0 Å². The van der Waals surface area contributed by atoms with Crippen LogP contribution >= 0.6 is 15.9 Å². The number of rotatable bonds is 6. The maximum atomic E-state index is 12.4. The summed E-state index contributed by atoms with van der Waals surface area (Å²) in [7, 11) is 1.74. The second-order valence-corrected chi connectivity index (χ2v) is 7.08. The molecule has 6 heteroatoms. The highest BCUT2D eigenvalue weighted by Gasteiger charge is 2.21. The Morgan fingerprint density at radius 2 is 2.23 bits per heavy atom. The molecule has 0 fully saturated rings. The normalized spacial score (nSPS) is 15.8. The molecule has 2 heterocycles. The second-order valence-electron chi connectivity index (χ2n) is 6.30. The molecule has 1 unspecified atom stereocenters. The van der Waals surface area contributed by atoms with Gasteiger partial charge < -0.3 is 18.8 Å². The number of nitrogens with zero attached hydrogens (tertiary/aromatic N) is 1. The molecule has 0 aliphatic carbocycles. The minimum atomic E-state index is -0.116. The number of fused-ring (bicyclic) bond motifs is 1. The van der Waals surface area contributed by atoms with E-state index in [9.17, 15) is 4.79 Å². The minimum Gasteiger partial charge on any atom is -0.493 e. The van der Waals surface area contributed by atoms with Crippen molar-refractivity contribution in [1.82, 2.24) is 4.90 Å². The first-order chi connectivity index (χ1) is 12.5. The maximum Gasteiger partial charge on any atom is 0.246 e. The standard InChI is InChI=1S/C20H22BrNO4/c1-4-24-17-11-15-9-13(2)25-18(15)10-14(17)5-8-20(23)22(3)12-16-6-7-19(21)26-16/h5-8,10-11,13H,4,9,12H2,1-3H3/b8-5+. The van der Waals surface area contributed by atoms with Gasteiger partial charge in [0.2, 0.25) is 5.91 Å². The minimum absolute atomic E-state index is 0.116. The van der Waals surface area contributed by atoms with E-state index in [1.807, 2.05) is 38.1 Å². The van der Waals surface area contributed by atoms with Crippen LogP contribution < -0.4 is 9.47 Å². The fraction of sp³-hybridized carbons (Fsp3) is 0.350. The average Bonchev–Trinajstić information content (AvgIpc) is 3.16. The molecule has 0 spiro atoms. The zero-order valence-corrected chi connectivity index (χ0v) is 16.7. The summed E-state index contributed by atoms with van der Waals surface area (Å²) < 4.78 is 17.6. The van der Waals surface area contributed by atoms with Gasteiger partial charge >= 0.3 is 0 Å². The van der Waals surface area contributed by atoms with Crippen LogP contribution in [0.2, 0.25) is 0 Å². The molecule has 1 aromatic heterocycles. The number of amides is 1. The van der Waals surface area contributed by atoms with Crippen LogP contribution in [0.25, 0.3) is 6.08 Å². The van der Waals surface area contributed by atoms with Crippen molar-refractivity contribution in [3.05, 3.63) is 51.9 Å². The number of carbonyl (C=O) groups excluding carboxylic acids is 1. The van der Waals surface area contributed by atoms with E-state index in [1.165, 1.54) is 0 Å². The summed E-state index contributed by atoms with van der Waals surface area (Å²) in [4.78, 5) is 14.0. The predicted molar refractivity (Wildman–Crippen MR) is 103 cm³/mol. The van der Waals surface area contributed by atoms with E-state index in [1.54, 1.807) is 24.1 Å². The van der Waals surface area contributed by atoms with Gasteiger partial charge in [-0.25, -0.2) is 0 Å². The average molecular weight is 420 g/mol. The Morgan fingerprint density at radius 1 is 1.42 bits per heavy atom. The number of furan rings is 1. The molecular formula is C20H22BrNO4. The smallest absolute Gasteiger partial charge is 0.246 e. The quantitative estimate of drug-likeness (QED) is 0.649. The van der Waals surface area contributed by atoms with Crippen LogP contribution in [0.4, 0.5) is 0 Å². The van der Waals surface area contributed by atoms with Crippen LogP contribution in [0.15, 0.2) is 39.4 Å². The van der Waals surface area contributed by atoms with Gasteiger partial charge in [0.15, 0.2) is 4.67 Å². The molecule has 0 bridgehead atoms. The summed E-state index contributed by atoms with van der Waals surface area (Å²) in [5, 5.41) is 0. The predicted octanol–water partition coefficient (Wildman–Crippen LogP) is 4.44. The van der Waals surface area contributed by atoms with Crippen LogP contribution in [0, 0.1) is 0 Å². The fourth-order valence-corrected chi connectivity index (χ4v) is 3.24. The Kier molecular flexibility index (Phi) is 5.71. The third-order valence-corrected chi connectivity index (χ3v) is 4.56. The molecule has 2 aromatic rings. The molecule has 0 saturated heterocycles. The molecule has 26 heavy (non-hydrogen) atoms. The van der Waals surface area contributed by atoms with Crippen molar-refractivity contribution in [3.63, 3.8) is 0 Å². The number of likely N-dealkylation sites (N-methyl/N-ethyl adjacent to an activating group) is 1. The number of hydrogen-bond acceptors (Lipinski definition) is 4. The fourth-order valence-electron chi connectivity index (χ4n) is 2.90. The van der Waals surface area contributed by atoms with Crippen molar-refractivity contribution in [3.8, 4) is 11.5 Å². The maximum absolute atomic E-state index is 12.4. The molecule has 1 aliphatic heterocycles.